The third kappa shape index (κ3) is 6.47. The van der Waals surface area contributed by atoms with E-state index in [9.17, 15) is 19.2 Å². The molecule has 3 aromatic carbocycles. The summed E-state index contributed by atoms with van der Waals surface area (Å²) in [6.07, 6.45) is 2.03. The second-order valence-corrected chi connectivity index (χ2v) is 10.5. The summed E-state index contributed by atoms with van der Waals surface area (Å²) in [6, 6.07) is 20.1. The number of hydrogen-bond acceptors (Lipinski definition) is 5. The van der Waals surface area contributed by atoms with Gasteiger partial charge in [-0.25, -0.2) is 4.79 Å². The molecule has 0 spiro atoms. The summed E-state index contributed by atoms with van der Waals surface area (Å²) in [7, 11) is 0. The SMILES string of the molecule is Cc1ccc(NC(=O)Cn2c(=O)n(C[C@H]3CCCO3)c(=O)c3ccc(C(=O)NCCc4ccccc4)cc32)c(C)c1. The highest BCUT2D eigenvalue weighted by Crippen LogP contribution is 2.18. The fraction of sp³-hybridized carbons (Fsp3) is 0.312. The standard InChI is InChI=1S/C32H34N4O5/c1-21-10-13-27(22(2)17-21)34-29(37)20-35-28-18-24(30(38)33-15-14-23-7-4-3-5-8-23)11-12-26(28)31(39)36(32(35)40)19-25-9-6-16-41-25/h3-5,7-8,10-13,17-18,25H,6,9,14-16,19-20H2,1-2H3,(H,33,38)(H,34,37)/t25-/m1/s1. The first kappa shape index (κ1) is 28.0. The van der Waals surface area contributed by atoms with Gasteiger partial charge in [0.1, 0.15) is 6.54 Å². The van der Waals surface area contributed by atoms with E-state index in [0.29, 0.717) is 30.8 Å². The van der Waals surface area contributed by atoms with Gasteiger partial charge >= 0.3 is 5.69 Å². The quantitative estimate of drug-likeness (QED) is 0.329. The first-order valence-electron chi connectivity index (χ1n) is 13.9. The number of aromatic nitrogens is 2. The van der Waals surface area contributed by atoms with E-state index in [1.807, 2.05) is 62.4 Å². The third-order valence-electron chi connectivity index (χ3n) is 7.40. The molecule has 1 aliphatic rings. The van der Waals surface area contributed by atoms with Crippen LogP contribution in [0.3, 0.4) is 0 Å². The molecular formula is C32H34N4O5. The molecule has 9 heteroatoms. The molecule has 5 rings (SSSR count). The van der Waals surface area contributed by atoms with Crippen LogP contribution >= 0.6 is 0 Å². The molecule has 1 fully saturated rings. The Morgan fingerprint density at radius 3 is 2.51 bits per heavy atom. The van der Waals surface area contributed by atoms with Gasteiger partial charge in [-0.3, -0.25) is 23.5 Å². The molecule has 41 heavy (non-hydrogen) atoms. The van der Waals surface area contributed by atoms with E-state index in [1.54, 1.807) is 12.1 Å². The fourth-order valence-corrected chi connectivity index (χ4v) is 5.22. The predicted octanol–water partition coefficient (Wildman–Crippen LogP) is 3.57. The van der Waals surface area contributed by atoms with Crippen LogP contribution in [-0.4, -0.2) is 40.2 Å². The average Bonchev–Trinajstić information content (AvgIpc) is 3.48. The zero-order chi connectivity index (χ0) is 28.9. The van der Waals surface area contributed by atoms with E-state index in [4.69, 9.17) is 4.74 Å². The summed E-state index contributed by atoms with van der Waals surface area (Å²) in [5.74, 6) is -0.745. The average molecular weight is 555 g/mol. The first-order valence-corrected chi connectivity index (χ1v) is 13.9. The van der Waals surface area contributed by atoms with Crippen LogP contribution in [0, 0.1) is 13.8 Å². The molecule has 4 aromatic rings. The topological polar surface area (TPSA) is 111 Å². The number of ether oxygens (including phenoxy) is 1. The van der Waals surface area contributed by atoms with E-state index in [2.05, 4.69) is 10.6 Å². The van der Waals surface area contributed by atoms with E-state index in [1.165, 1.54) is 10.6 Å². The molecule has 1 saturated heterocycles. The van der Waals surface area contributed by atoms with Crippen molar-refractivity contribution in [1.82, 2.24) is 14.5 Å². The number of anilines is 1. The molecule has 1 aliphatic heterocycles. The van der Waals surface area contributed by atoms with Crippen molar-refractivity contribution >= 4 is 28.4 Å². The lowest BCUT2D eigenvalue weighted by atomic mass is 10.1. The molecule has 2 heterocycles. The number of nitrogens with zero attached hydrogens (tertiary/aromatic N) is 2. The number of hydrogen-bond donors (Lipinski definition) is 2. The van der Waals surface area contributed by atoms with Crippen LogP contribution in [0.25, 0.3) is 10.9 Å². The van der Waals surface area contributed by atoms with E-state index in [0.717, 1.165) is 34.1 Å². The second kappa shape index (κ2) is 12.3. The highest BCUT2D eigenvalue weighted by molar-refractivity contribution is 5.98. The number of nitrogens with one attached hydrogen (secondary N) is 2. The Balaban J connectivity index is 1.47. The molecule has 2 N–H and O–H groups in total. The summed E-state index contributed by atoms with van der Waals surface area (Å²) in [5.41, 5.74) is 3.15. The third-order valence-corrected chi connectivity index (χ3v) is 7.40. The van der Waals surface area contributed by atoms with Gasteiger partial charge in [0.05, 0.1) is 23.6 Å². The van der Waals surface area contributed by atoms with Crippen molar-refractivity contribution in [3.8, 4) is 0 Å². The highest BCUT2D eigenvalue weighted by Gasteiger charge is 2.22. The van der Waals surface area contributed by atoms with Gasteiger partial charge < -0.3 is 15.4 Å². The maximum absolute atomic E-state index is 13.7. The Morgan fingerprint density at radius 2 is 1.78 bits per heavy atom. The molecular weight excluding hydrogens is 520 g/mol. The van der Waals surface area contributed by atoms with Crippen molar-refractivity contribution < 1.29 is 14.3 Å². The van der Waals surface area contributed by atoms with Crippen molar-refractivity contribution in [3.05, 3.63) is 110 Å². The van der Waals surface area contributed by atoms with Gasteiger partial charge in [-0.2, -0.15) is 0 Å². The smallest absolute Gasteiger partial charge is 0.332 e. The zero-order valence-corrected chi connectivity index (χ0v) is 23.3. The molecule has 212 valence electrons. The molecule has 1 aromatic heterocycles. The lowest BCUT2D eigenvalue weighted by Crippen LogP contribution is -2.43. The molecule has 0 aliphatic carbocycles. The number of amides is 2. The minimum atomic E-state index is -0.615. The van der Waals surface area contributed by atoms with Crippen molar-refractivity contribution in [3.63, 3.8) is 0 Å². The fourth-order valence-electron chi connectivity index (χ4n) is 5.22. The first-order chi connectivity index (χ1) is 19.8. The van der Waals surface area contributed by atoms with Crippen LogP contribution in [0.2, 0.25) is 0 Å². The van der Waals surface area contributed by atoms with E-state index < -0.39 is 17.2 Å². The van der Waals surface area contributed by atoms with Gasteiger partial charge in [-0.1, -0.05) is 48.0 Å². The van der Waals surface area contributed by atoms with Crippen LogP contribution < -0.4 is 21.9 Å². The summed E-state index contributed by atoms with van der Waals surface area (Å²) >= 11 is 0. The number of benzene rings is 3. The van der Waals surface area contributed by atoms with E-state index in [-0.39, 0.29) is 36.0 Å². The maximum Gasteiger partial charge on any atom is 0.332 e. The highest BCUT2D eigenvalue weighted by atomic mass is 16.5. The summed E-state index contributed by atoms with van der Waals surface area (Å²) < 4.78 is 8.09. The van der Waals surface area contributed by atoms with Crippen molar-refractivity contribution in [2.45, 2.75) is 52.3 Å². The normalized spacial score (nSPS) is 14.7. The Morgan fingerprint density at radius 1 is 0.976 bits per heavy atom. The number of rotatable bonds is 9. The lowest BCUT2D eigenvalue weighted by molar-refractivity contribution is -0.116. The van der Waals surface area contributed by atoms with Gasteiger partial charge in [-0.15, -0.1) is 0 Å². The predicted molar refractivity (Wildman–Crippen MR) is 158 cm³/mol. The van der Waals surface area contributed by atoms with Gasteiger partial charge in [0, 0.05) is 24.4 Å². The molecule has 0 radical (unpaired) electrons. The Kier molecular flexibility index (Phi) is 8.45. The zero-order valence-electron chi connectivity index (χ0n) is 23.3. The molecule has 0 saturated carbocycles. The van der Waals surface area contributed by atoms with Gasteiger partial charge in [0.2, 0.25) is 5.91 Å². The number of fused-ring (bicyclic) bond motifs is 1. The maximum atomic E-state index is 13.7. The van der Waals surface area contributed by atoms with Crippen molar-refractivity contribution in [2.24, 2.45) is 0 Å². The van der Waals surface area contributed by atoms with Crippen LogP contribution in [0.5, 0.6) is 0 Å². The largest absolute Gasteiger partial charge is 0.376 e. The number of carbonyl (C=O) groups is 2. The van der Waals surface area contributed by atoms with E-state index >= 15 is 0 Å². The Hall–Kier alpha value is -4.50. The van der Waals surface area contributed by atoms with Crippen LogP contribution in [0.15, 0.2) is 76.3 Å². The summed E-state index contributed by atoms with van der Waals surface area (Å²) in [5, 5.41) is 6.03. The van der Waals surface area contributed by atoms with Gasteiger partial charge in [0.15, 0.2) is 0 Å². The number of aryl methyl sites for hydroxylation is 2. The van der Waals surface area contributed by atoms with Crippen LogP contribution in [0.1, 0.15) is 39.9 Å². The van der Waals surface area contributed by atoms with Crippen molar-refractivity contribution in [2.75, 3.05) is 18.5 Å². The Bertz CT molecular complexity index is 1700. The number of carbonyl (C=O) groups excluding carboxylic acids is 2. The Labute approximate surface area is 237 Å². The molecule has 9 nitrogen and oxygen atoms in total. The van der Waals surface area contributed by atoms with Crippen molar-refractivity contribution in [1.29, 1.82) is 0 Å². The van der Waals surface area contributed by atoms with Gasteiger partial charge in [0.25, 0.3) is 11.5 Å². The van der Waals surface area contributed by atoms with Crippen LogP contribution in [-0.2, 0) is 29.0 Å². The second-order valence-electron chi connectivity index (χ2n) is 10.5. The molecule has 1 atom stereocenters. The van der Waals surface area contributed by atoms with Gasteiger partial charge in [-0.05, 0) is 68.5 Å². The summed E-state index contributed by atoms with van der Waals surface area (Å²) in [4.78, 5) is 53.3. The minimum absolute atomic E-state index is 0.105. The molecule has 0 bridgehead atoms. The van der Waals surface area contributed by atoms with Crippen LogP contribution in [0.4, 0.5) is 5.69 Å². The summed E-state index contributed by atoms with van der Waals surface area (Å²) in [6.45, 7) is 4.66. The monoisotopic (exact) mass is 554 g/mol. The minimum Gasteiger partial charge on any atom is -0.376 e. The molecule has 2 amide bonds. The lowest BCUT2D eigenvalue weighted by Gasteiger charge is -2.17. The molecule has 0 unspecified atom stereocenters.